The Morgan fingerprint density at radius 3 is 0.744 bits per heavy atom. The lowest BCUT2D eigenvalue weighted by Gasteiger charge is -2.35. The number of unbranched alkanes of at least 4 members (excludes halogenated alkanes) is 40. The molecular formula is C72H114N4S2. The summed E-state index contributed by atoms with van der Waals surface area (Å²) in [6.07, 6.45) is 65.7. The zero-order chi connectivity index (χ0) is 54.4. The average Bonchev–Trinajstić information content (AvgIpc) is 4.18. The molecule has 434 valence electrons. The summed E-state index contributed by atoms with van der Waals surface area (Å²) in [4.78, 5) is 0. The van der Waals surface area contributed by atoms with Gasteiger partial charge >= 0.3 is 0 Å². The number of nitrogens with zero attached hydrogens (tertiary/aromatic N) is 4. The van der Waals surface area contributed by atoms with E-state index < -0.39 is 0 Å². The second-order valence-corrected chi connectivity index (χ2v) is 26.5. The lowest BCUT2D eigenvalue weighted by Crippen LogP contribution is -2.27. The quantitative estimate of drug-likeness (QED) is 0.0364. The molecule has 3 aromatic carbocycles. The first-order valence-corrected chi connectivity index (χ1v) is 35.8. The van der Waals surface area contributed by atoms with E-state index in [-0.39, 0.29) is 10.8 Å². The van der Waals surface area contributed by atoms with Crippen molar-refractivity contribution < 1.29 is 0 Å². The molecule has 7 rings (SSSR count). The highest BCUT2D eigenvalue weighted by atomic mass is 32.1. The minimum atomic E-state index is -0.0261. The summed E-state index contributed by atoms with van der Waals surface area (Å²) in [5, 5.41) is 0. The number of fused-ring (bicyclic) bond motifs is 10. The molecule has 0 radical (unpaired) electrons. The van der Waals surface area contributed by atoms with Crippen LogP contribution in [0.3, 0.4) is 0 Å². The van der Waals surface area contributed by atoms with Crippen LogP contribution in [0.25, 0.3) is 44.3 Å². The third-order valence-electron chi connectivity index (χ3n) is 19.4. The fourth-order valence-electron chi connectivity index (χ4n) is 14.8. The Balaban J connectivity index is 1.19. The van der Waals surface area contributed by atoms with Crippen molar-refractivity contribution in [3.05, 3.63) is 58.7 Å². The molecule has 0 fully saturated rings. The van der Waals surface area contributed by atoms with Gasteiger partial charge in [0.05, 0.1) is 23.5 Å². The monoisotopic (exact) mass is 1100 g/mol. The molecule has 0 atom stereocenters. The molecule has 5 aromatic rings. The van der Waals surface area contributed by atoms with Gasteiger partial charge in [-0.25, -0.2) is 0 Å². The van der Waals surface area contributed by atoms with Gasteiger partial charge in [0.25, 0.3) is 0 Å². The molecule has 0 amide bonds. The highest BCUT2D eigenvalue weighted by Crippen LogP contribution is 2.62. The van der Waals surface area contributed by atoms with Crippen molar-refractivity contribution in [3.63, 3.8) is 0 Å². The van der Waals surface area contributed by atoms with Crippen molar-refractivity contribution in [2.75, 3.05) is 0 Å². The van der Waals surface area contributed by atoms with E-state index in [1.807, 2.05) is 0 Å². The maximum absolute atomic E-state index is 5.21. The fraction of sp³-hybridized carbons (Fsp3) is 0.750. The smallest absolute Gasteiger partial charge is 0.112 e. The van der Waals surface area contributed by atoms with Gasteiger partial charge in [0.1, 0.15) is 22.1 Å². The van der Waals surface area contributed by atoms with E-state index in [2.05, 4.69) is 64.1 Å². The lowest BCUT2D eigenvalue weighted by molar-refractivity contribution is 0.393. The first-order chi connectivity index (χ1) is 38.6. The lowest BCUT2D eigenvalue weighted by atomic mass is 9.68. The molecule has 0 saturated heterocycles. The minimum absolute atomic E-state index is 0.0261. The summed E-state index contributed by atoms with van der Waals surface area (Å²) in [5.74, 6) is 0. The van der Waals surface area contributed by atoms with Crippen LogP contribution in [0.2, 0.25) is 0 Å². The van der Waals surface area contributed by atoms with Gasteiger partial charge in [0, 0.05) is 22.0 Å². The fourth-order valence-corrected chi connectivity index (χ4v) is 15.9. The maximum Gasteiger partial charge on any atom is 0.112 e. The van der Waals surface area contributed by atoms with Crippen LogP contribution >= 0.6 is 23.5 Å². The summed E-state index contributed by atoms with van der Waals surface area (Å²) in [5.41, 5.74) is 16.6. The highest BCUT2D eigenvalue weighted by molar-refractivity contribution is 7.00. The summed E-state index contributed by atoms with van der Waals surface area (Å²) in [7, 11) is 0. The van der Waals surface area contributed by atoms with Crippen molar-refractivity contribution in [2.24, 2.45) is 0 Å². The van der Waals surface area contributed by atoms with Crippen LogP contribution < -0.4 is 0 Å². The Hall–Kier alpha value is -2.70. The van der Waals surface area contributed by atoms with Gasteiger partial charge in [-0.3, -0.25) is 0 Å². The van der Waals surface area contributed by atoms with Crippen LogP contribution in [-0.2, 0) is 10.8 Å². The van der Waals surface area contributed by atoms with E-state index in [1.165, 1.54) is 354 Å². The van der Waals surface area contributed by atoms with E-state index in [1.54, 1.807) is 22.3 Å². The molecule has 2 aliphatic rings. The topological polar surface area (TPSA) is 51.6 Å². The maximum atomic E-state index is 5.21. The zero-order valence-electron chi connectivity index (χ0n) is 51.0. The molecule has 0 saturated carbocycles. The van der Waals surface area contributed by atoms with Gasteiger partial charge in [-0.2, -0.15) is 17.5 Å². The Labute approximate surface area is 487 Å². The normalized spacial score (nSPS) is 14.0. The molecule has 2 heterocycles. The van der Waals surface area contributed by atoms with Crippen molar-refractivity contribution in [3.8, 4) is 22.3 Å². The first-order valence-electron chi connectivity index (χ1n) is 34.3. The molecular weight excluding hydrogens is 985 g/mol. The summed E-state index contributed by atoms with van der Waals surface area (Å²) >= 11 is 2.84. The Morgan fingerprint density at radius 2 is 0.500 bits per heavy atom. The third-order valence-corrected chi connectivity index (χ3v) is 20.5. The average molecular weight is 1100 g/mol. The number of rotatable bonds is 48. The molecule has 6 heteroatoms. The number of hydrogen-bond acceptors (Lipinski definition) is 6. The van der Waals surface area contributed by atoms with Gasteiger partial charge in [-0.05, 0) is 83.3 Å². The molecule has 78 heavy (non-hydrogen) atoms. The van der Waals surface area contributed by atoms with E-state index in [9.17, 15) is 0 Å². The molecule has 0 aliphatic heterocycles. The van der Waals surface area contributed by atoms with E-state index in [0.717, 1.165) is 22.1 Å². The van der Waals surface area contributed by atoms with Gasteiger partial charge in [-0.15, -0.1) is 0 Å². The largest absolute Gasteiger partial charge is 0.173 e. The Morgan fingerprint density at radius 1 is 0.269 bits per heavy atom. The van der Waals surface area contributed by atoms with E-state index >= 15 is 0 Å². The zero-order valence-corrected chi connectivity index (χ0v) is 52.6. The molecule has 0 unspecified atom stereocenters. The predicted octanol–water partition coefficient (Wildman–Crippen LogP) is 25.0. The number of benzene rings is 3. The second-order valence-electron chi connectivity index (χ2n) is 25.5. The van der Waals surface area contributed by atoms with Crippen LogP contribution in [0.5, 0.6) is 0 Å². The summed E-state index contributed by atoms with van der Waals surface area (Å²) in [6.45, 7) is 9.32. The van der Waals surface area contributed by atoms with Gasteiger partial charge < -0.3 is 0 Å². The van der Waals surface area contributed by atoms with E-state index in [0.29, 0.717) is 0 Å². The van der Waals surface area contributed by atoms with E-state index in [4.69, 9.17) is 17.5 Å². The molecule has 2 aromatic heterocycles. The van der Waals surface area contributed by atoms with Gasteiger partial charge in [0.15, 0.2) is 0 Å². The Kier molecular flexibility index (Phi) is 29.0. The summed E-state index contributed by atoms with van der Waals surface area (Å²) in [6, 6.07) is 15.4. The third kappa shape index (κ3) is 17.7. The van der Waals surface area contributed by atoms with Crippen LogP contribution in [-0.4, -0.2) is 17.5 Å². The standard InChI is InChI=1S/C72H114N4S2/c1-5-9-13-17-21-25-29-33-37-41-45-53-71(54-46-42-38-34-30-26-22-18-14-10-6-2)61-49-51-65-69(75-77-73-65)67(61)59-58-64-60(57-63(59)71)68-62(50-52-66-70(68)76-78-74-66)72(64,55-47-43-39-35-31-27-23-19-15-11-7-3)56-48-44-40-36-32-28-24-20-16-12-8-4/h49-52,57-58H,5-48,53-56H2,1-4H3. The van der Waals surface area contributed by atoms with Crippen molar-refractivity contribution in [2.45, 2.75) is 347 Å². The highest BCUT2D eigenvalue weighted by Gasteiger charge is 2.49. The Bertz CT molecular complexity index is 2170. The minimum Gasteiger partial charge on any atom is -0.173 e. The van der Waals surface area contributed by atoms with Crippen molar-refractivity contribution in [1.82, 2.24) is 17.5 Å². The second kappa shape index (κ2) is 36.0. The van der Waals surface area contributed by atoms with Crippen LogP contribution in [0, 0.1) is 0 Å². The molecule has 0 N–H and O–H groups in total. The predicted molar refractivity (Wildman–Crippen MR) is 345 cm³/mol. The van der Waals surface area contributed by atoms with Crippen LogP contribution in [0.4, 0.5) is 0 Å². The van der Waals surface area contributed by atoms with Gasteiger partial charge in [0.2, 0.25) is 0 Å². The van der Waals surface area contributed by atoms with Crippen molar-refractivity contribution in [1.29, 1.82) is 0 Å². The first kappa shape index (κ1) is 62.9. The molecule has 4 nitrogen and oxygen atoms in total. The number of aromatic nitrogens is 4. The SMILES string of the molecule is CCCCCCCCCCCCCC1(CCCCCCCCCCCCC)c2cc3c(cc2-c2c1ccc1nsnc21)C(CCCCCCCCCCCCC)(CCCCCCCCCCCCC)c1ccc2nsnc2c1-3. The summed E-state index contributed by atoms with van der Waals surface area (Å²) < 4.78 is 20.3. The van der Waals surface area contributed by atoms with Crippen LogP contribution in [0.1, 0.15) is 358 Å². The van der Waals surface area contributed by atoms with Crippen molar-refractivity contribution >= 4 is 45.5 Å². The molecule has 0 spiro atoms. The van der Waals surface area contributed by atoms with Gasteiger partial charge in [-0.1, -0.05) is 322 Å². The molecule has 0 bridgehead atoms. The van der Waals surface area contributed by atoms with Crippen LogP contribution in [0.15, 0.2) is 36.4 Å². The molecule has 2 aliphatic carbocycles. The number of hydrogen-bond donors (Lipinski definition) is 0.